The van der Waals surface area contributed by atoms with E-state index in [1.54, 1.807) is 0 Å². The fourth-order valence-electron chi connectivity index (χ4n) is 2.39. The SMILES string of the molecule is CN1Cc2cccn3c(C#N)cc(c23)C1. The van der Waals surface area contributed by atoms with Crippen LogP contribution >= 0.6 is 0 Å². The van der Waals surface area contributed by atoms with Crippen LogP contribution in [0.5, 0.6) is 0 Å². The Labute approximate surface area is 88.2 Å². The highest BCUT2D eigenvalue weighted by atomic mass is 15.1. The molecule has 15 heavy (non-hydrogen) atoms. The summed E-state index contributed by atoms with van der Waals surface area (Å²) in [5.74, 6) is 0. The lowest BCUT2D eigenvalue weighted by molar-refractivity contribution is 0.313. The summed E-state index contributed by atoms with van der Waals surface area (Å²) >= 11 is 0. The first-order valence-corrected chi connectivity index (χ1v) is 5.00. The molecular weight excluding hydrogens is 186 g/mol. The molecule has 3 heterocycles. The van der Waals surface area contributed by atoms with E-state index in [9.17, 15) is 0 Å². The molecule has 2 aromatic rings. The third-order valence-corrected chi connectivity index (χ3v) is 2.95. The van der Waals surface area contributed by atoms with Crippen LogP contribution in [0.4, 0.5) is 0 Å². The molecule has 3 rings (SSSR count). The van der Waals surface area contributed by atoms with Gasteiger partial charge in [0.15, 0.2) is 0 Å². The second-order valence-electron chi connectivity index (χ2n) is 4.09. The maximum atomic E-state index is 9.04. The van der Waals surface area contributed by atoms with E-state index < -0.39 is 0 Å². The predicted molar refractivity (Wildman–Crippen MR) is 57.3 cm³/mol. The topological polar surface area (TPSA) is 31.4 Å². The van der Waals surface area contributed by atoms with Crippen molar-refractivity contribution in [2.75, 3.05) is 7.05 Å². The van der Waals surface area contributed by atoms with E-state index in [2.05, 4.69) is 24.1 Å². The lowest BCUT2D eigenvalue weighted by atomic mass is 10.1. The molecule has 0 spiro atoms. The highest BCUT2D eigenvalue weighted by molar-refractivity contribution is 5.66. The van der Waals surface area contributed by atoms with Crippen molar-refractivity contribution >= 4 is 5.52 Å². The van der Waals surface area contributed by atoms with Gasteiger partial charge in [0.05, 0.1) is 5.52 Å². The summed E-state index contributed by atoms with van der Waals surface area (Å²) in [6.45, 7) is 1.90. The summed E-state index contributed by atoms with van der Waals surface area (Å²) in [5.41, 5.74) is 4.53. The van der Waals surface area contributed by atoms with Crippen molar-refractivity contribution < 1.29 is 0 Å². The molecule has 1 aliphatic rings. The highest BCUT2D eigenvalue weighted by Gasteiger charge is 2.18. The molecule has 0 atom stereocenters. The molecule has 0 amide bonds. The second kappa shape index (κ2) is 2.85. The van der Waals surface area contributed by atoms with Crippen LogP contribution in [0.15, 0.2) is 24.4 Å². The zero-order valence-corrected chi connectivity index (χ0v) is 8.57. The maximum absolute atomic E-state index is 9.04. The summed E-state index contributed by atoms with van der Waals surface area (Å²) in [4.78, 5) is 2.26. The molecule has 3 heteroatoms. The van der Waals surface area contributed by atoms with Crippen LogP contribution in [0.2, 0.25) is 0 Å². The van der Waals surface area contributed by atoms with E-state index in [1.165, 1.54) is 16.6 Å². The molecular formula is C12H11N3. The van der Waals surface area contributed by atoms with Gasteiger partial charge in [-0.25, -0.2) is 0 Å². The Balaban J connectivity index is 2.41. The molecule has 1 aliphatic heterocycles. The molecule has 0 N–H and O–H groups in total. The minimum atomic E-state index is 0.733. The molecule has 0 saturated heterocycles. The number of nitrogens with zero attached hydrogens (tertiary/aromatic N) is 3. The van der Waals surface area contributed by atoms with E-state index in [-0.39, 0.29) is 0 Å². The zero-order valence-electron chi connectivity index (χ0n) is 8.57. The number of hydrogen-bond acceptors (Lipinski definition) is 2. The van der Waals surface area contributed by atoms with Crippen molar-refractivity contribution in [1.82, 2.24) is 9.30 Å². The van der Waals surface area contributed by atoms with Crippen LogP contribution in [-0.2, 0) is 13.1 Å². The normalized spacial score (nSPS) is 15.5. The van der Waals surface area contributed by atoms with Crippen LogP contribution in [0.25, 0.3) is 5.52 Å². The zero-order chi connectivity index (χ0) is 10.4. The van der Waals surface area contributed by atoms with Crippen molar-refractivity contribution in [3.63, 3.8) is 0 Å². The highest BCUT2D eigenvalue weighted by Crippen LogP contribution is 2.27. The minimum absolute atomic E-state index is 0.733. The van der Waals surface area contributed by atoms with Gasteiger partial charge in [0, 0.05) is 19.3 Å². The second-order valence-corrected chi connectivity index (χ2v) is 4.09. The molecule has 0 unspecified atom stereocenters. The third-order valence-electron chi connectivity index (χ3n) is 2.95. The first-order chi connectivity index (χ1) is 7.29. The van der Waals surface area contributed by atoms with Crippen molar-refractivity contribution in [1.29, 1.82) is 5.26 Å². The van der Waals surface area contributed by atoms with E-state index in [4.69, 9.17) is 5.26 Å². The van der Waals surface area contributed by atoms with Gasteiger partial charge in [0.2, 0.25) is 0 Å². The van der Waals surface area contributed by atoms with Crippen LogP contribution in [0, 0.1) is 11.3 Å². The predicted octanol–water partition coefficient (Wildman–Crippen LogP) is 1.76. The first kappa shape index (κ1) is 8.51. The Hall–Kier alpha value is -1.79. The van der Waals surface area contributed by atoms with Gasteiger partial charge in [-0.3, -0.25) is 4.90 Å². The summed E-state index contributed by atoms with van der Waals surface area (Å²) in [5, 5.41) is 9.04. The number of nitriles is 1. The largest absolute Gasteiger partial charge is 0.308 e. The molecule has 0 fully saturated rings. The van der Waals surface area contributed by atoms with Crippen molar-refractivity contribution in [3.8, 4) is 6.07 Å². The van der Waals surface area contributed by atoms with E-state index in [0.29, 0.717) is 0 Å². The Kier molecular flexibility index (Phi) is 1.62. The minimum Gasteiger partial charge on any atom is -0.308 e. The van der Waals surface area contributed by atoms with Gasteiger partial charge in [0.1, 0.15) is 11.8 Å². The lowest BCUT2D eigenvalue weighted by Gasteiger charge is -2.22. The van der Waals surface area contributed by atoms with Gasteiger partial charge >= 0.3 is 0 Å². The quantitative estimate of drug-likeness (QED) is 0.644. The van der Waals surface area contributed by atoms with Crippen LogP contribution in [0.3, 0.4) is 0 Å². The average Bonchev–Trinajstić information content (AvgIpc) is 2.58. The average molecular weight is 197 g/mol. The number of aromatic nitrogens is 1. The summed E-state index contributed by atoms with van der Waals surface area (Å²) in [6.07, 6.45) is 1.96. The smallest absolute Gasteiger partial charge is 0.125 e. The lowest BCUT2D eigenvalue weighted by Crippen LogP contribution is -2.21. The Morgan fingerprint density at radius 1 is 1.33 bits per heavy atom. The maximum Gasteiger partial charge on any atom is 0.125 e. The number of hydrogen-bond donors (Lipinski definition) is 0. The molecule has 0 radical (unpaired) electrons. The van der Waals surface area contributed by atoms with Crippen molar-refractivity contribution in [2.24, 2.45) is 0 Å². The number of rotatable bonds is 0. The third kappa shape index (κ3) is 1.09. The van der Waals surface area contributed by atoms with Crippen LogP contribution in [0.1, 0.15) is 16.8 Å². The van der Waals surface area contributed by atoms with Crippen molar-refractivity contribution in [3.05, 3.63) is 41.2 Å². The van der Waals surface area contributed by atoms with Gasteiger partial charge in [-0.15, -0.1) is 0 Å². The van der Waals surface area contributed by atoms with Crippen LogP contribution in [-0.4, -0.2) is 16.3 Å². The van der Waals surface area contributed by atoms with Gasteiger partial charge in [-0.05, 0) is 30.3 Å². The monoisotopic (exact) mass is 197 g/mol. The van der Waals surface area contributed by atoms with Crippen LogP contribution < -0.4 is 0 Å². The van der Waals surface area contributed by atoms with Gasteiger partial charge in [-0.1, -0.05) is 6.07 Å². The molecule has 0 bridgehead atoms. The molecule has 0 saturated carbocycles. The number of pyridine rings is 1. The Bertz CT molecular complexity index is 574. The van der Waals surface area contributed by atoms with E-state index >= 15 is 0 Å². The van der Waals surface area contributed by atoms with Gasteiger partial charge in [0.25, 0.3) is 0 Å². The fraction of sp³-hybridized carbons (Fsp3) is 0.250. The Morgan fingerprint density at radius 3 is 2.93 bits per heavy atom. The van der Waals surface area contributed by atoms with E-state index in [1.807, 2.05) is 22.7 Å². The molecule has 0 aliphatic carbocycles. The first-order valence-electron chi connectivity index (χ1n) is 5.00. The Morgan fingerprint density at radius 2 is 2.13 bits per heavy atom. The standard InChI is InChI=1S/C12H11N3/c1-14-7-9-3-2-4-15-11(6-13)5-10(8-14)12(9)15/h2-5H,7-8H2,1H3. The molecule has 3 nitrogen and oxygen atoms in total. The summed E-state index contributed by atoms with van der Waals surface area (Å²) < 4.78 is 2.00. The fourth-order valence-corrected chi connectivity index (χ4v) is 2.39. The molecule has 2 aromatic heterocycles. The summed E-state index contributed by atoms with van der Waals surface area (Å²) in [6, 6.07) is 8.37. The summed E-state index contributed by atoms with van der Waals surface area (Å²) in [7, 11) is 2.10. The van der Waals surface area contributed by atoms with E-state index in [0.717, 1.165) is 18.8 Å². The molecule has 0 aromatic carbocycles. The molecule has 74 valence electrons. The van der Waals surface area contributed by atoms with Gasteiger partial charge < -0.3 is 4.40 Å². The van der Waals surface area contributed by atoms with Gasteiger partial charge in [-0.2, -0.15) is 5.26 Å². The van der Waals surface area contributed by atoms with Crippen molar-refractivity contribution in [2.45, 2.75) is 13.1 Å².